The van der Waals surface area contributed by atoms with Crippen molar-refractivity contribution in [2.45, 2.75) is 26.8 Å². The van der Waals surface area contributed by atoms with Crippen molar-refractivity contribution in [2.75, 3.05) is 31.2 Å². The Morgan fingerprint density at radius 2 is 1.82 bits per heavy atom. The number of hydrogen-bond donors (Lipinski definition) is 0. The summed E-state index contributed by atoms with van der Waals surface area (Å²) in [6, 6.07) is -0.695. The number of rotatable bonds is 9. The summed E-state index contributed by atoms with van der Waals surface area (Å²) in [5.41, 5.74) is 0. The van der Waals surface area contributed by atoms with E-state index < -0.39 is 18.0 Å². The minimum atomic E-state index is -0.715. The van der Waals surface area contributed by atoms with Gasteiger partial charge >= 0.3 is 11.9 Å². The van der Waals surface area contributed by atoms with Crippen molar-refractivity contribution in [1.82, 2.24) is 4.98 Å². The summed E-state index contributed by atoms with van der Waals surface area (Å²) >= 11 is 0. The van der Waals surface area contributed by atoms with Crippen LogP contribution in [0.5, 0.6) is 0 Å². The molecule has 0 aliphatic heterocycles. The van der Waals surface area contributed by atoms with Gasteiger partial charge in [0.15, 0.2) is 5.76 Å². The number of nitrogens with zero attached hydrogens (tertiary/aromatic N) is 3. The molecule has 22 heavy (non-hydrogen) atoms. The van der Waals surface area contributed by atoms with Gasteiger partial charge in [0.1, 0.15) is 19.1 Å². The predicted octanol–water partition coefficient (Wildman–Crippen LogP) is 1.43. The van der Waals surface area contributed by atoms with Crippen LogP contribution in [0.4, 0.5) is 6.01 Å². The summed E-state index contributed by atoms with van der Waals surface area (Å²) in [6.07, 6.45) is 1.32. The molecule has 0 saturated carbocycles. The molecule has 0 spiro atoms. The highest BCUT2D eigenvalue weighted by atomic mass is 16.5. The second-order valence-electron chi connectivity index (χ2n) is 4.29. The highest BCUT2D eigenvalue weighted by molar-refractivity contribution is 5.80. The zero-order chi connectivity index (χ0) is 16.5. The maximum absolute atomic E-state index is 11.6. The minimum absolute atomic E-state index is 0.0200. The van der Waals surface area contributed by atoms with Crippen molar-refractivity contribution in [3.8, 4) is 0 Å². The molecular formula is C13H19N3O6. The predicted molar refractivity (Wildman–Crippen MR) is 76.2 cm³/mol. The van der Waals surface area contributed by atoms with Gasteiger partial charge in [0.2, 0.25) is 0 Å². The minimum Gasteiger partial charge on any atom is -0.465 e. The normalized spacial score (nSPS) is 11.6. The molecule has 0 saturated heterocycles. The summed E-state index contributed by atoms with van der Waals surface area (Å²) in [4.78, 5) is 39.0. The molecule has 1 atom stereocenters. The van der Waals surface area contributed by atoms with Crippen LogP contribution in [0.1, 0.15) is 32.6 Å². The first-order valence-corrected chi connectivity index (χ1v) is 6.86. The maximum atomic E-state index is 11.6. The van der Waals surface area contributed by atoms with Crippen LogP contribution in [0.2, 0.25) is 0 Å². The van der Waals surface area contributed by atoms with Crippen molar-refractivity contribution >= 4 is 18.0 Å². The molecule has 1 unspecified atom stereocenters. The van der Waals surface area contributed by atoms with Crippen LogP contribution >= 0.6 is 0 Å². The molecule has 9 nitrogen and oxygen atoms in total. The van der Waals surface area contributed by atoms with E-state index in [0.717, 1.165) is 0 Å². The zero-order valence-corrected chi connectivity index (χ0v) is 12.8. The molecule has 0 radical (unpaired) electrons. The number of ether oxygens (including phenoxy) is 2. The lowest BCUT2D eigenvalue weighted by Crippen LogP contribution is -2.36. The Morgan fingerprint density at radius 3 is 2.27 bits per heavy atom. The van der Waals surface area contributed by atoms with Gasteiger partial charge in [-0.25, -0.2) is 4.98 Å². The highest BCUT2D eigenvalue weighted by Gasteiger charge is 2.22. The molecular weight excluding hydrogens is 294 g/mol. The summed E-state index contributed by atoms with van der Waals surface area (Å²) in [7, 11) is 0. The Hall–Kier alpha value is -2.45. The molecule has 9 heteroatoms. The van der Waals surface area contributed by atoms with E-state index in [-0.39, 0.29) is 38.1 Å². The third-order valence-corrected chi connectivity index (χ3v) is 2.60. The fourth-order valence-corrected chi connectivity index (χ4v) is 1.58. The van der Waals surface area contributed by atoms with E-state index >= 15 is 0 Å². The first kappa shape index (κ1) is 17.6. The number of aromatic nitrogens is 1. The van der Waals surface area contributed by atoms with Crippen molar-refractivity contribution in [3.63, 3.8) is 0 Å². The average Bonchev–Trinajstić information content (AvgIpc) is 2.96. The van der Waals surface area contributed by atoms with Crippen LogP contribution in [0.25, 0.3) is 0 Å². The smallest absolute Gasteiger partial charge is 0.325 e. The molecule has 122 valence electrons. The molecule has 1 aromatic heterocycles. The van der Waals surface area contributed by atoms with Crippen LogP contribution in [0, 0.1) is 4.91 Å². The molecule has 0 bridgehead atoms. The van der Waals surface area contributed by atoms with E-state index in [2.05, 4.69) is 10.2 Å². The quantitative estimate of drug-likeness (QED) is 0.497. The summed E-state index contributed by atoms with van der Waals surface area (Å²) < 4.78 is 15.0. The topological polar surface area (TPSA) is 111 Å². The van der Waals surface area contributed by atoms with E-state index in [1.807, 2.05) is 0 Å². The Labute approximate surface area is 127 Å². The summed E-state index contributed by atoms with van der Waals surface area (Å²) in [5, 5.41) is 2.83. The van der Waals surface area contributed by atoms with Crippen molar-refractivity contribution in [3.05, 3.63) is 16.9 Å². The zero-order valence-electron chi connectivity index (χ0n) is 12.8. The first-order valence-electron chi connectivity index (χ1n) is 6.86. The molecule has 1 rings (SSSR count). The molecule has 0 aliphatic rings. The SMILES string of the molecule is CCOC(=O)CN(CC(=O)OCC)c1ncc(C(C)N=O)o1. The number of nitroso groups, excluding NO2 is 1. The molecule has 0 aliphatic carbocycles. The lowest BCUT2D eigenvalue weighted by Gasteiger charge is -2.18. The Kier molecular flexibility index (Phi) is 7.00. The third-order valence-electron chi connectivity index (χ3n) is 2.60. The van der Waals surface area contributed by atoms with E-state index in [9.17, 15) is 14.5 Å². The van der Waals surface area contributed by atoms with Crippen LogP contribution in [-0.4, -0.2) is 43.2 Å². The molecule has 0 N–H and O–H groups in total. The monoisotopic (exact) mass is 313 g/mol. The first-order chi connectivity index (χ1) is 10.5. The second-order valence-corrected chi connectivity index (χ2v) is 4.29. The molecule has 1 heterocycles. The van der Waals surface area contributed by atoms with Gasteiger partial charge in [-0.05, 0) is 20.8 Å². The fraction of sp³-hybridized carbons (Fsp3) is 0.615. The molecule has 0 fully saturated rings. The van der Waals surface area contributed by atoms with Gasteiger partial charge in [-0.15, -0.1) is 0 Å². The Morgan fingerprint density at radius 1 is 1.27 bits per heavy atom. The maximum Gasteiger partial charge on any atom is 0.325 e. The number of carbonyl (C=O) groups is 2. The number of hydrogen-bond acceptors (Lipinski definition) is 9. The van der Waals surface area contributed by atoms with E-state index in [4.69, 9.17) is 13.9 Å². The van der Waals surface area contributed by atoms with Gasteiger partial charge in [-0.1, -0.05) is 5.18 Å². The highest BCUT2D eigenvalue weighted by Crippen LogP contribution is 2.22. The second kappa shape index (κ2) is 8.75. The van der Waals surface area contributed by atoms with Gasteiger partial charge in [0, 0.05) is 0 Å². The Balaban J connectivity index is 2.87. The number of anilines is 1. The van der Waals surface area contributed by atoms with Crippen molar-refractivity contribution < 1.29 is 23.5 Å². The van der Waals surface area contributed by atoms with Gasteiger partial charge in [0.25, 0.3) is 6.01 Å². The van der Waals surface area contributed by atoms with Gasteiger partial charge < -0.3 is 18.8 Å². The van der Waals surface area contributed by atoms with Crippen LogP contribution in [-0.2, 0) is 19.1 Å². The van der Waals surface area contributed by atoms with Gasteiger partial charge in [-0.2, -0.15) is 4.91 Å². The fourth-order valence-electron chi connectivity index (χ4n) is 1.58. The number of oxazole rings is 1. The van der Waals surface area contributed by atoms with Gasteiger partial charge in [-0.3, -0.25) is 9.59 Å². The summed E-state index contributed by atoms with van der Waals surface area (Å²) in [5.74, 6) is -0.830. The van der Waals surface area contributed by atoms with Crippen molar-refractivity contribution in [2.24, 2.45) is 5.18 Å². The summed E-state index contributed by atoms with van der Waals surface area (Å²) in [6.45, 7) is 4.87. The largest absolute Gasteiger partial charge is 0.465 e. The lowest BCUT2D eigenvalue weighted by atomic mass is 10.3. The number of carbonyl (C=O) groups excluding carboxylic acids is 2. The number of esters is 2. The lowest BCUT2D eigenvalue weighted by molar-refractivity contribution is -0.142. The van der Waals surface area contributed by atoms with Crippen molar-refractivity contribution in [1.29, 1.82) is 0 Å². The third kappa shape index (κ3) is 5.15. The average molecular weight is 313 g/mol. The molecule has 0 amide bonds. The van der Waals surface area contributed by atoms with Crippen LogP contribution in [0.3, 0.4) is 0 Å². The van der Waals surface area contributed by atoms with Crippen LogP contribution < -0.4 is 4.90 Å². The molecule has 0 aromatic carbocycles. The van der Waals surface area contributed by atoms with Gasteiger partial charge in [0.05, 0.1) is 19.4 Å². The molecule has 1 aromatic rings. The van der Waals surface area contributed by atoms with E-state index in [1.54, 1.807) is 20.8 Å². The standard InChI is InChI=1S/C13H19N3O6/c1-4-20-11(17)7-16(8-12(18)21-5-2)13-14-6-10(22-13)9(3)15-19/h6,9H,4-5,7-8H2,1-3H3. The Bertz CT molecular complexity index is 496. The van der Waals surface area contributed by atoms with Crippen LogP contribution in [0.15, 0.2) is 15.8 Å². The van der Waals surface area contributed by atoms with E-state index in [1.165, 1.54) is 11.1 Å². The van der Waals surface area contributed by atoms with E-state index in [0.29, 0.717) is 0 Å².